The molecule has 0 aliphatic heterocycles. The number of aromatic nitrogens is 2. The highest BCUT2D eigenvalue weighted by Crippen LogP contribution is 2.17. The predicted octanol–water partition coefficient (Wildman–Crippen LogP) is 2.52. The Bertz CT molecular complexity index is 794. The Labute approximate surface area is 164 Å². The van der Waals surface area contributed by atoms with Crippen LogP contribution in [0.4, 0.5) is 0 Å². The molecule has 0 aliphatic rings. The van der Waals surface area contributed by atoms with Gasteiger partial charge in [-0.1, -0.05) is 44.2 Å². The monoisotopic (exact) mass is 383 g/mol. The molecule has 0 spiro atoms. The summed E-state index contributed by atoms with van der Waals surface area (Å²) >= 11 is 0. The van der Waals surface area contributed by atoms with Crippen LogP contribution in [0.1, 0.15) is 42.7 Å². The number of carboxylic acids is 1. The summed E-state index contributed by atoms with van der Waals surface area (Å²) in [5.41, 5.74) is 1.08. The van der Waals surface area contributed by atoms with E-state index < -0.39 is 23.8 Å². The van der Waals surface area contributed by atoms with Gasteiger partial charge in [-0.2, -0.15) is 0 Å². The van der Waals surface area contributed by atoms with Gasteiger partial charge in [0.15, 0.2) is 5.78 Å². The molecule has 1 aromatic carbocycles. The molecule has 2 aromatic rings. The summed E-state index contributed by atoms with van der Waals surface area (Å²) in [4.78, 5) is 44.8. The Hall–Kier alpha value is -3.09. The molecular formula is C21H25N3O4. The van der Waals surface area contributed by atoms with E-state index in [0.29, 0.717) is 12.8 Å². The number of benzene rings is 1. The van der Waals surface area contributed by atoms with Gasteiger partial charge in [0.05, 0.1) is 6.20 Å². The van der Waals surface area contributed by atoms with E-state index in [0.717, 1.165) is 5.56 Å². The molecule has 0 saturated heterocycles. The number of nitrogens with one attached hydrogen (secondary N) is 1. The lowest BCUT2D eigenvalue weighted by Gasteiger charge is -2.21. The van der Waals surface area contributed by atoms with E-state index in [4.69, 9.17) is 0 Å². The topological polar surface area (TPSA) is 109 Å². The van der Waals surface area contributed by atoms with Gasteiger partial charge >= 0.3 is 5.97 Å². The minimum absolute atomic E-state index is 0.0760. The summed E-state index contributed by atoms with van der Waals surface area (Å²) in [6, 6.07) is 8.33. The molecule has 1 heterocycles. The second-order valence-electron chi connectivity index (χ2n) is 7.13. The number of ketones is 1. The number of carbonyl (C=O) groups excluding carboxylic acids is 2. The van der Waals surface area contributed by atoms with Crippen molar-refractivity contribution in [3.05, 3.63) is 60.2 Å². The molecule has 7 heteroatoms. The van der Waals surface area contributed by atoms with E-state index in [9.17, 15) is 19.5 Å². The molecule has 0 radical (unpaired) electrons. The highest BCUT2D eigenvalue weighted by atomic mass is 16.4. The first-order valence-corrected chi connectivity index (χ1v) is 9.23. The van der Waals surface area contributed by atoms with Gasteiger partial charge in [-0.15, -0.1) is 0 Å². The van der Waals surface area contributed by atoms with Crippen molar-refractivity contribution < 1.29 is 19.5 Å². The zero-order valence-electron chi connectivity index (χ0n) is 16.0. The zero-order valence-corrected chi connectivity index (χ0v) is 16.0. The Morgan fingerprint density at radius 1 is 1.11 bits per heavy atom. The molecule has 7 nitrogen and oxygen atoms in total. The van der Waals surface area contributed by atoms with E-state index in [1.54, 1.807) is 0 Å². The summed E-state index contributed by atoms with van der Waals surface area (Å²) in [7, 11) is 0. The number of carbonyl (C=O) groups is 3. The predicted molar refractivity (Wildman–Crippen MR) is 104 cm³/mol. The van der Waals surface area contributed by atoms with Crippen LogP contribution in [0.2, 0.25) is 0 Å². The third-order valence-corrected chi connectivity index (χ3v) is 4.30. The number of amides is 1. The summed E-state index contributed by atoms with van der Waals surface area (Å²) < 4.78 is 0. The molecule has 0 unspecified atom stereocenters. The number of nitrogens with zero attached hydrogens (tertiary/aromatic N) is 2. The number of hydrogen-bond donors (Lipinski definition) is 2. The maximum atomic E-state index is 12.8. The maximum absolute atomic E-state index is 12.8. The third kappa shape index (κ3) is 6.57. The van der Waals surface area contributed by atoms with Crippen LogP contribution in [0.15, 0.2) is 48.9 Å². The van der Waals surface area contributed by atoms with Gasteiger partial charge in [0.2, 0.25) is 5.91 Å². The quantitative estimate of drug-likeness (QED) is 0.610. The average Bonchev–Trinajstić information content (AvgIpc) is 2.68. The zero-order chi connectivity index (χ0) is 20.5. The average molecular weight is 383 g/mol. The first-order chi connectivity index (χ1) is 13.4. The van der Waals surface area contributed by atoms with Gasteiger partial charge in [0.1, 0.15) is 11.7 Å². The summed E-state index contributed by atoms with van der Waals surface area (Å²) in [5.74, 6) is -2.43. The first-order valence-electron chi connectivity index (χ1n) is 9.23. The Balaban J connectivity index is 2.17. The lowest BCUT2D eigenvalue weighted by atomic mass is 9.92. The fourth-order valence-corrected chi connectivity index (χ4v) is 2.91. The van der Waals surface area contributed by atoms with Crippen molar-refractivity contribution >= 4 is 17.7 Å². The summed E-state index contributed by atoms with van der Waals surface area (Å²) in [6.45, 7) is 3.78. The minimum Gasteiger partial charge on any atom is -0.480 e. The Morgan fingerprint density at radius 2 is 1.82 bits per heavy atom. The van der Waals surface area contributed by atoms with Crippen LogP contribution < -0.4 is 5.32 Å². The standard InChI is InChI=1S/C21H25N3O4/c1-14(2)10-17(21(27)28)24-20(26)16(11-15-6-4-3-5-7-15)12-19(25)18-13-22-8-9-23-18/h3-9,13-14,16-17H,10-12H2,1-2H3,(H,24,26)(H,27,28)/t16-,17+/m1/s1. The molecule has 2 rings (SSSR count). The van der Waals surface area contributed by atoms with E-state index in [1.807, 2.05) is 44.2 Å². The molecule has 1 amide bonds. The molecule has 2 N–H and O–H groups in total. The number of rotatable bonds is 10. The molecule has 148 valence electrons. The number of Topliss-reactive ketones (excluding diaryl/α,β-unsaturated/α-hetero) is 1. The van der Waals surface area contributed by atoms with Crippen molar-refractivity contribution in [1.29, 1.82) is 0 Å². The van der Waals surface area contributed by atoms with Crippen LogP contribution in [0.5, 0.6) is 0 Å². The molecular weight excluding hydrogens is 358 g/mol. The molecule has 0 aliphatic carbocycles. The fraction of sp³-hybridized carbons (Fsp3) is 0.381. The Morgan fingerprint density at radius 3 is 2.39 bits per heavy atom. The van der Waals surface area contributed by atoms with E-state index in [-0.39, 0.29) is 23.8 Å². The first kappa shape index (κ1) is 21.2. The molecule has 0 fully saturated rings. The van der Waals surface area contributed by atoms with Crippen molar-refractivity contribution in [1.82, 2.24) is 15.3 Å². The van der Waals surface area contributed by atoms with Crippen molar-refractivity contribution in [3.8, 4) is 0 Å². The smallest absolute Gasteiger partial charge is 0.326 e. The van der Waals surface area contributed by atoms with Crippen LogP contribution >= 0.6 is 0 Å². The molecule has 0 bridgehead atoms. The fourth-order valence-electron chi connectivity index (χ4n) is 2.91. The highest BCUT2D eigenvalue weighted by Gasteiger charge is 2.28. The van der Waals surface area contributed by atoms with E-state index in [2.05, 4.69) is 15.3 Å². The van der Waals surface area contributed by atoms with Crippen LogP contribution in [0.3, 0.4) is 0 Å². The van der Waals surface area contributed by atoms with Crippen LogP contribution in [0.25, 0.3) is 0 Å². The number of aliphatic carboxylic acids is 1. The lowest BCUT2D eigenvalue weighted by molar-refractivity contribution is -0.142. The van der Waals surface area contributed by atoms with E-state index in [1.165, 1.54) is 18.6 Å². The number of hydrogen-bond acceptors (Lipinski definition) is 5. The van der Waals surface area contributed by atoms with Crippen LogP contribution in [-0.4, -0.2) is 38.8 Å². The third-order valence-electron chi connectivity index (χ3n) is 4.30. The van der Waals surface area contributed by atoms with Crippen molar-refractivity contribution in [2.75, 3.05) is 0 Å². The number of carboxylic acid groups (broad SMARTS) is 1. The van der Waals surface area contributed by atoms with Crippen molar-refractivity contribution in [3.63, 3.8) is 0 Å². The van der Waals surface area contributed by atoms with Crippen molar-refractivity contribution in [2.24, 2.45) is 11.8 Å². The second-order valence-corrected chi connectivity index (χ2v) is 7.13. The van der Waals surface area contributed by atoms with Crippen molar-refractivity contribution in [2.45, 2.75) is 39.2 Å². The Kier molecular flexibility index (Phi) is 7.80. The molecule has 1 aromatic heterocycles. The summed E-state index contributed by atoms with van der Waals surface area (Å²) in [6.07, 6.45) is 4.81. The van der Waals surface area contributed by atoms with Gasteiger partial charge in [0, 0.05) is 24.7 Å². The molecule has 2 atom stereocenters. The highest BCUT2D eigenvalue weighted by molar-refractivity contribution is 5.97. The normalized spacial score (nSPS) is 13.0. The maximum Gasteiger partial charge on any atom is 0.326 e. The van der Waals surface area contributed by atoms with Gasteiger partial charge in [0.25, 0.3) is 0 Å². The van der Waals surface area contributed by atoms with Gasteiger partial charge in [-0.05, 0) is 24.3 Å². The van der Waals surface area contributed by atoms with Gasteiger partial charge in [-0.25, -0.2) is 9.78 Å². The molecule has 28 heavy (non-hydrogen) atoms. The second kappa shape index (κ2) is 10.3. The van der Waals surface area contributed by atoms with Gasteiger partial charge < -0.3 is 10.4 Å². The minimum atomic E-state index is -1.08. The summed E-state index contributed by atoms with van der Waals surface area (Å²) in [5, 5.41) is 12.0. The van der Waals surface area contributed by atoms with E-state index >= 15 is 0 Å². The lowest BCUT2D eigenvalue weighted by Crippen LogP contribution is -2.45. The van der Waals surface area contributed by atoms with Crippen LogP contribution in [0, 0.1) is 11.8 Å². The largest absolute Gasteiger partial charge is 0.480 e. The molecule has 0 saturated carbocycles. The van der Waals surface area contributed by atoms with Gasteiger partial charge in [-0.3, -0.25) is 14.6 Å². The SMILES string of the molecule is CC(C)C[C@H](NC(=O)[C@@H](CC(=O)c1cnccn1)Cc1ccccc1)C(=O)O. The van der Waals surface area contributed by atoms with Crippen LogP contribution in [-0.2, 0) is 16.0 Å².